The fourth-order valence-electron chi connectivity index (χ4n) is 2.32. The number of nitro benzene ring substituents is 1. The van der Waals surface area contributed by atoms with E-state index in [0.717, 1.165) is 17.0 Å². The normalized spacial score (nSPS) is 12.5. The number of non-ortho nitro benzene ring substituents is 1. The van der Waals surface area contributed by atoms with Gasteiger partial charge in [0.25, 0.3) is 11.5 Å². The highest BCUT2D eigenvalue weighted by atomic mass is 32.2. The summed E-state index contributed by atoms with van der Waals surface area (Å²) < 4.78 is 1.70. The molecule has 8 heteroatoms. The molecule has 0 bridgehead atoms. The molecule has 118 valence electrons. The number of nitro groups is 1. The number of nitrogens with zero attached hydrogens (tertiary/aromatic N) is 5. The second-order valence-electron chi connectivity index (χ2n) is 5.26. The smallest absolute Gasteiger partial charge is 0.258 e. The molecule has 0 aliphatic carbocycles. The quantitative estimate of drug-likeness (QED) is 0.413. The Labute approximate surface area is 136 Å². The summed E-state index contributed by atoms with van der Waals surface area (Å²) in [5.41, 5.74) is 2.82. The van der Waals surface area contributed by atoms with Crippen molar-refractivity contribution in [3.05, 3.63) is 57.4 Å². The van der Waals surface area contributed by atoms with E-state index < -0.39 is 0 Å². The summed E-state index contributed by atoms with van der Waals surface area (Å²) in [5.74, 6) is 0.566. The lowest BCUT2D eigenvalue weighted by molar-refractivity contribution is -0.384. The Bertz CT molecular complexity index is 893. The maximum absolute atomic E-state index is 10.9. The number of fused-ring (bicyclic) bond motifs is 1. The molecule has 0 N–H and O–H groups in total. The summed E-state index contributed by atoms with van der Waals surface area (Å²) >= 11 is 1.45. The SMILES string of the molecule is Cc1cc(C)n2nc(SC(C)c3cccc([N+](=O)[O-])c3)nc2n1. The van der Waals surface area contributed by atoms with Gasteiger partial charge in [-0.15, -0.1) is 5.10 Å². The molecule has 0 saturated heterocycles. The molecule has 3 aromatic rings. The minimum atomic E-state index is -0.389. The number of hydrogen-bond acceptors (Lipinski definition) is 6. The number of hydrogen-bond donors (Lipinski definition) is 0. The van der Waals surface area contributed by atoms with Crippen LogP contribution < -0.4 is 0 Å². The molecule has 0 aliphatic rings. The van der Waals surface area contributed by atoms with Crippen molar-refractivity contribution >= 4 is 23.2 Å². The summed E-state index contributed by atoms with van der Waals surface area (Å²) in [4.78, 5) is 19.3. The molecule has 7 nitrogen and oxygen atoms in total. The van der Waals surface area contributed by atoms with Gasteiger partial charge < -0.3 is 0 Å². The van der Waals surface area contributed by atoms with Gasteiger partial charge in [-0.2, -0.15) is 4.98 Å². The maximum atomic E-state index is 10.9. The number of thioether (sulfide) groups is 1. The molecular weight excluding hydrogens is 314 g/mol. The van der Waals surface area contributed by atoms with Gasteiger partial charge in [0, 0.05) is 28.8 Å². The fourth-order valence-corrected chi connectivity index (χ4v) is 3.18. The molecule has 0 saturated carbocycles. The zero-order valence-electron chi connectivity index (χ0n) is 12.9. The van der Waals surface area contributed by atoms with Crippen LogP contribution in [0.5, 0.6) is 0 Å². The largest absolute Gasteiger partial charge is 0.269 e. The van der Waals surface area contributed by atoms with Crippen molar-refractivity contribution in [3.63, 3.8) is 0 Å². The molecule has 2 heterocycles. The molecule has 3 rings (SSSR count). The van der Waals surface area contributed by atoms with Crippen LogP contribution in [0.2, 0.25) is 0 Å². The topological polar surface area (TPSA) is 86.2 Å². The van der Waals surface area contributed by atoms with Gasteiger partial charge >= 0.3 is 0 Å². The van der Waals surface area contributed by atoms with E-state index in [1.165, 1.54) is 17.8 Å². The van der Waals surface area contributed by atoms with E-state index in [1.54, 1.807) is 16.6 Å². The van der Waals surface area contributed by atoms with Crippen molar-refractivity contribution < 1.29 is 4.92 Å². The molecule has 0 spiro atoms. The first-order valence-electron chi connectivity index (χ1n) is 7.06. The Morgan fingerprint density at radius 3 is 2.78 bits per heavy atom. The van der Waals surface area contributed by atoms with Gasteiger partial charge in [-0.25, -0.2) is 9.50 Å². The van der Waals surface area contributed by atoms with Crippen molar-refractivity contribution in [2.45, 2.75) is 31.2 Å². The highest BCUT2D eigenvalue weighted by Gasteiger charge is 2.15. The van der Waals surface area contributed by atoms with Gasteiger partial charge in [-0.3, -0.25) is 10.1 Å². The van der Waals surface area contributed by atoms with E-state index in [9.17, 15) is 10.1 Å². The van der Waals surface area contributed by atoms with E-state index in [1.807, 2.05) is 32.9 Å². The Balaban J connectivity index is 1.88. The second-order valence-corrected chi connectivity index (χ2v) is 6.57. The van der Waals surface area contributed by atoms with E-state index >= 15 is 0 Å². The Hall–Kier alpha value is -2.48. The predicted molar refractivity (Wildman–Crippen MR) is 87.6 cm³/mol. The second kappa shape index (κ2) is 5.96. The number of aromatic nitrogens is 4. The zero-order valence-corrected chi connectivity index (χ0v) is 13.7. The number of benzene rings is 1. The summed E-state index contributed by atoms with van der Waals surface area (Å²) in [6, 6.07) is 8.58. The first kappa shape index (κ1) is 15.4. The van der Waals surface area contributed by atoms with E-state index in [4.69, 9.17) is 0 Å². The van der Waals surface area contributed by atoms with Crippen LogP contribution >= 0.6 is 11.8 Å². The first-order valence-corrected chi connectivity index (χ1v) is 7.94. The number of aryl methyl sites for hydroxylation is 2. The fraction of sp³-hybridized carbons (Fsp3) is 0.267. The monoisotopic (exact) mass is 329 g/mol. The minimum Gasteiger partial charge on any atom is -0.258 e. The van der Waals surface area contributed by atoms with Crippen molar-refractivity contribution in [1.29, 1.82) is 0 Å². The van der Waals surface area contributed by atoms with E-state index in [2.05, 4.69) is 15.1 Å². The lowest BCUT2D eigenvalue weighted by Gasteiger charge is -2.08. The average Bonchev–Trinajstić information content (AvgIpc) is 2.90. The summed E-state index contributed by atoms with van der Waals surface area (Å²) in [7, 11) is 0. The molecule has 1 aromatic carbocycles. The van der Waals surface area contributed by atoms with Gasteiger partial charge in [0.1, 0.15) is 0 Å². The van der Waals surface area contributed by atoms with Gasteiger partial charge in [-0.05, 0) is 32.4 Å². The lowest BCUT2D eigenvalue weighted by Crippen LogP contribution is -1.97. The predicted octanol–water partition coefficient (Wildman–Crippen LogP) is 3.50. The van der Waals surface area contributed by atoms with Crippen molar-refractivity contribution in [1.82, 2.24) is 19.6 Å². The average molecular weight is 329 g/mol. The van der Waals surface area contributed by atoms with Crippen molar-refractivity contribution in [3.8, 4) is 0 Å². The molecule has 0 radical (unpaired) electrons. The van der Waals surface area contributed by atoms with E-state index in [0.29, 0.717) is 10.9 Å². The molecule has 23 heavy (non-hydrogen) atoms. The van der Waals surface area contributed by atoms with Gasteiger partial charge in [0.05, 0.1) is 4.92 Å². The van der Waals surface area contributed by atoms with Crippen LogP contribution in [-0.2, 0) is 0 Å². The highest BCUT2D eigenvalue weighted by molar-refractivity contribution is 7.99. The van der Waals surface area contributed by atoms with Gasteiger partial charge in [-0.1, -0.05) is 23.9 Å². The summed E-state index contributed by atoms with van der Waals surface area (Å²) in [6.45, 7) is 5.84. The highest BCUT2D eigenvalue weighted by Crippen LogP contribution is 2.34. The molecule has 1 atom stereocenters. The molecule has 0 aliphatic heterocycles. The van der Waals surface area contributed by atoms with Crippen LogP contribution in [0.1, 0.15) is 29.1 Å². The van der Waals surface area contributed by atoms with Crippen LogP contribution in [0, 0.1) is 24.0 Å². The van der Waals surface area contributed by atoms with Crippen LogP contribution in [0.3, 0.4) is 0 Å². The maximum Gasteiger partial charge on any atom is 0.269 e. The third-order valence-electron chi connectivity index (χ3n) is 3.43. The summed E-state index contributed by atoms with van der Waals surface area (Å²) in [5, 5.41) is 15.9. The van der Waals surface area contributed by atoms with E-state index in [-0.39, 0.29) is 15.9 Å². The molecule has 0 fully saturated rings. The number of rotatable bonds is 4. The zero-order chi connectivity index (χ0) is 16.6. The summed E-state index contributed by atoms with van der Waals surface area (Å²) in [6.07, 6.45) is 0. The van der Waals surface area contributed by atoms with Gasteiger partial charge in [0.15, 0.2) is 0 Å². The minimum absolute atomic E-state index is 0.00582. The third-order valence-corrected chi connectivity index (χ3v) is 4.44. The Morgan fingerprint density at radius 1 is 1.26 bits per heavy atom. The van der Waals surface area contributed by atoms with Gasteiger partial charge in [0.2, 0.25) is 5.16 Å². The Morgan fingerprint density at radius 2 is 2.04 bits per heavy atom. The van der Waals surface area contributed by atoms with Crippen molar-refractivity contribution in [2.24, 2.45) is 0 Å². The van der Waals surface area contributed by atoms with Crippen molar-refractivity contribution in [2.75, 3.05) is 0 Å². The van der Waals surface area contributed by atoms with Crippen LogP contribution in [0.15, 0.2) is 35.5 Å². The van der Waals surface area contributed by atoms with Crippen LogP contribution in [0.4, 0.5) is 5.69 Å². The molecular formula is C15H15N5O2S. The van der Waals surface area contributed by atoms with Crippen LogP contribution in [-0.4, -0.2) is 24.5 Å². The molecule has 0 amide bonds. The standard InChI is InChI=1S/C15H15N5O2S/c1-9-7-10(2)19-14(16-9)17-15(18-19)23-11(3)12-5-4-6-13(8-12)20(21)22/h4-8,11H,1-3H3. The first-order chi connectivity index (χ1) is 10.9. The van der Waals surface area contributed by atoms with Crippen LogP contribution in [0.25, 0.3) is 5.78 Å². The molecule has 1 unspecified atom stereocenters. The third kappa shape index (κ3) is 3.16. The lowest BCUT2D eigenvalue weighted by atomic mass is 10.1. The Kier molecular flexibility index (Phi) is 3.99. The molecule has 2 aromatic heterocycles.